The van der Waals surface area contributed by atoms with Gasteiger partial charge in [0.1, 0.15) is 5.60 Å². The molecule has 4 heteroatoms. The molecule has 4 nitrogen and oxygen atoms in total. The van der Waals surface area contributed by atoms with E-state index >= 15 is 0 Å². The predicted molar refractivity (Wildman–Crippen MR) is 86.7 cm³/mol. The molecule has 0 radical (unpaired) electrons. The van der Waals surface area contributed by atoms with Crippen LogP contribution >= 0.6 is 0 Å². The summed E-state index contributed by atoms with van der Waals surface area (Å²) >= 11 is 0. The molecule has 1 heterocycles. The second-order valence-corrected chi connectivity index (χ2v) is 7.35. The van der Waals surface area contributed by atoms with Crippen LogP contribution in [0.2, 0.25) is 0 Å². The third-order valence-corrected chi connectivity index (χ3v) is 4.00. The molecular formula is C18H27NO3. The first-order chi connectivity index (χ1) is 10.2. The predicted octanol–water partition coefficient (Wildman–Crippen LogP) is 3.38. The highest BCUT2D eigenvalue weighted by atomic mass is 16.6. The Morgan fingerprint density at radius 1 is 1.27 bits per heavy atom. The molecule has 1 amide bonds. The van der Waals surface area contributed by atoms with E-state index in [1.165, 1.54) is 0 Å². The number of aliphatic hydroxyl groups is 1. The first-order valence-electron chi connectivity index (χ1n) is 7.95. The van der Waals surface area contributed by atoms with Crippen LogP contribution < -0.4 is 0 Å². The number of nitrogens with zero attached hydrogens (tertiary/aromatic N) is 1. The lowest BCUT2D eigenvalue weighted by Gasteiger charge is -2.37. The summed E-state index contributed by atoms with van der Waals surface area (Å²) in [7, 11) is 0. The molecule has 1 aromatic carbocycles. The molecular weight excluding hydrogens is 278 g/mol. The Kier molecular flexibility index (Phi) is 4.81. The Bertz CT molecular complexity index is 505. The Balaban J connectivity index is 2.10. The fraction of sp³-hybridized carbons (Fsp3) is 0.611. The number of rotatable bonds is 3. The van der Waals surface area contributed by atoms with E-state index < -0.39 is 11.2 Å². The van der Waals surface area contributed by atoms with Crippen molar-refractivity contribution in [1.29, 1.82) is 0 Å². The van der Waals surface area contributed by atoms with E-state index in [1.54, 1.807) is 4.90 Å². The monoisotopic (exact) mass is 305 g/mol. The maximum absolute atomic E-state index is 12.4. The minimum atomic E-state index is -0.964. The molecule has 1 aliphatic heterocycles. The Hall–Kier alpha value is -1.55. The maximum atomic E-state index is 12.4. The van der Waals surface area contributed by atoms with Crippen molar-refractivity contribution in [3.8, 4) is 0 Å². The number of amides is 1. The third kappa shape index (κ3) is 4.23. The highest BCUT2D eigenvalue weighted by Crippen LogP contribution is 2.31. The van der Waals surface area contributed by atoms with Crippen LogP contribution in [0.25, 0.3) is 0 Å². The molecule has 0 aliphatic carbocycles. The summed E-state index contributed by atoms with van der Waals surface area (Å²) in [6.07, 6.45) is 1.90. The number of hydrogen-bond acceptors (Lipinski definition) is 3. The second-order valence-electron chi connectivity index (χ2n) is 7.35. The summed E-state index contributed by atoms with van der Waals surface area (Å²) in [6, 6.07) is 9.68. The molecule has 2 rings (SSSR count). The summed E-state index contributed by atoms with van der Waals surface area (Å²) in [5.74, 6) is 0. The van der Waals surface area contributed by atoms with Crippen LogP contribution in [-0.4, -0.2) is 39.9 Å². The lowest BCUT2D eigenvalue weighted by molar-refractivity contribution is -0.0333. The van der Waals surface area contributed by atoms with Gasteiger partial charge < -0.3 is 14.7 Å². The van der Waals surface area contributed by atoms with E-state index in [0.717, 1.165) is 18.4 Å². The number of likely N-dealkylation sites (tertiary alicyclic amines) is 1. The molecule has 0 aromatic heterocycles. The van der Waals surface area contributed by atoms with Crippen molar-refractivity contribution in [2.45, 2.75) is 64.2 Å². The van der Waals surface area contributed by atoms with E-state index in [9.17, 15) is 9.90 Å². The van der Waals surface area contributed by atoms with E-state index in [-0.39, 0.29) is 12.1 Å². The van der Waals surface area contributed by atoms with Gasteiger partial charge in [0.25, 0.3) is 0 Å². The number of benzene rings is 1. The van der Waals surface area contributed by atoms with Crippen molar-refractivity contribution in [2.75, 3.05) is 6.54 Å². The van der Waals surface area contributed by atoms with Crippen molar-refractivity contribution in [1.82, 2.24) is 4.90 Å². The molecule has 1 aromatic rings. The molecule has 1 fully saturated rings. The van der Waals surface area contributed by atoms with E-state index in [4.69, 9.17) is 4.74 Å². The van der Waals surface area contributed by atoms with Crippen molar-refractivity contribution in [2.24, 2.45) is 0 Å². The van der Waals surface area contributed by atoms with Gasteiger partial charge in [-0.2, -0.15) is 0 Å². The molecule has 22 heavy (non-hydrogen) atoms. The summed E-state index contributed by atoms with van der Waals surface area (Å²) in [5, 5.41) is 10.9. The van der Waals surface area contributed by atoms with Gasteiger partial charge >= 0.3 is 6.09 Å². The lowest BCUT2D eigenvalue weighted by Crippen LogP contribution is -2.52. The Morgan fingerprint density at radius 3 is 2.50 bits per heavy atom. The van der Waals surface area contributed by atoms with Gasteiger partial charge in [-0.25, -0.2) is 4.79 Å². The number of hydrogen-bond donors (Lipinski definition) is 1. The first-order valence-corrected chi connectivity index (χ1v) is 7.95. The summed E-state index contributed by atoms with van der Waals surface area (Å²) in [4.78, 5) is 14.1. The lowest BCUT2D eigenvalue weighted by atomic mass is 9.87. The molecule has 1 aliphatic rings. The Labute approximate surface area is 133 Å². The van der Waals surface area contributed by atoms with E-state index in [1.807, 2.05) is 58.0 Å². The molecule has 2 atom stereocenters. The largest absolute Gasteiger partial charge is 0.444 e. The summed E-state index contributed by atoms with van der Waals surface area (Å²) in [5.41, 5.74) is -0.409. The molecule has 1 saturated heterocycles. The van der Waals surface area contributed by atoms with Gasteiger partial charge in [0, 0.05) is 13.0 Å². The smallest absolute Gasteiger partial charge is 0.410 e. The quantitative estimate of drug-likeness (QED) is 0.931. The van der Waals surface area contributed by atoms with Crippen molar-refractivity contribution >= 4 is 6.09 Å². The number of carbonyl (C=O) groups excluding carboxylic acids is 1. The molecule has 0 spiro atoms. The average molecular weight is 305 g/mol. The molecule has 1 N–H and O–H groups in total. The summed E-state index contributed by atoms with van der Waals surface area (Å²) < 4.78 is 5.47. The van der Waals surface area contributed by atoms with Gasteiger partial charge in [-0.1, -0.05) is 30.3 Å². The van der Waals surface area contributed by atoms with Crippen molar-refractivity contribution < 1.29 is 14.6 Å². The maximum Gasteiger partial charge on any atom is 0.410 e. The Morgan fingerprint density at radius 2 is 1.91 bits per heavy atom. The third-order valence-electron chi connectivity index (χ3n) is 4.00. The second kappa shape index (κ2) is 6.29. The van der Waals surface area contributed by atoms with E-state index in [2.05, 4.69) is 0 Å². The normalized spacial score (nSPS) is 21.5. The zero-order chi connectivity index (χ0) is 16.4. The van der Waals surface area contributed by atoms with E-state index in [0.29, 0.717) is 13.0 Å². The van der Waals surface area contributed by atoms with Crippen LogP contribution in [0.3, 0.4) is 0 Å². The molecule has 122 valence electrons. The van der Waals surface area contributed by atoms with Gasteiger partial charge in [0.15, 0.2) is 0 Å². The van der Waals surface area contributed by atoms with Crippen LogP contribution in [0.1, 0.15) is 46.1 Å². The highest BCUT2D eigenvalue weighted by molar-refractivity contribution is 5.69. The van der Waals surface area contributed by atoms with Gasteiger partial charge in [-0.15, -0.1) is 0 Å². The zero-order valence-electron chi connectivity index (χ0n) is 14.0. The highest BCUT2D eigenvalue weighted by Gasteiger charge is 2.42. The topological polar surface area (TPSA) is 49.8 Å². The van der Waals surface area contributed by atoms with Crippen LogP contribution in [-0.2, 0) is 11.2 Å². The van der Waals surface area contributed by atoms with Gasteiger partial charge in [-0.3, -0.25) is 0 Å². The van der Waals surface area contributed by atoms with Crippen LogP contribution in [0.4, 0.5) is 4.79 Å². The van der Waals surface area contributed by atoms with Crippen LogP contribution in [0.5, 0.6) is 0 Å². The van der Waals surface area contributed by atoms with Crippen LogP contribution in [0.15, 0.2) is 30.3 Å². The first kappa shape index (κ1) is 16.8. The standard InChI is InChI=1S/C18H27NO3/c1-17(2,3)22-16(20)19-12-8-11-15(19)18(4,21)13-14-9-6-5-7-10-14/h5-7,9-10,15,21H,8,11-13H2,1-4H3. The minimum absolute atomic E-state index is 0.206. The number of ether oxygens (including phenoxy) is 1. The number of carbonyl (C=O) groups is 1. The van der Waals surface area contributed by atoms with Gasteiger partial charge in [0.2, 0.25) is 0 Å². The minimum Gasteiger partial charge on any atom is -0.444 e. The zero-order valence-corrected chi connectivity index (χ0v) is 14.0. The van der Waals surface area contributed by atoms with Crippen molar-refractivity contribution in [3.63, 3.8) is 0 Å². The summed E-state index contributed by atoms with van der Waals surface area (Å²) in [6.45, 7) is 8.03. The molecule has 2 unspecified atom stereocenters. The fourth-order valence-electron chi connectivity index (χ4n) is 3.08. The van der Waals surface area contributed by atoms with Crippen LogP contribution in [0, 0.1) is 0 Å². The fourth-order valence-corrected chi connectivity index (χ4v) is 3.08. The molecule has 0 saturated carbocycles. The molecule has 0 bridgehead atoms. The SMILES string of the molecule is CC(C)(C)OC(=O)N1CCCC1C(C)(O)Cc1ccccc1. The van der Waals surface area contributed by atoms with Crippen molar-refractivity contribution in [3.05, 3.63) is 35.9 Å². The average Bonchev–Trinajstić information content (AvgIpc) is 2.87. The van der Waals surface area contributed by atoms with Gasteiger partial charge in [-0.05, 0) is 46.1 Å². The van der Waals surface area contributed by atoms with Gasteiger partial charge in [0.05, 0.1) is 11.6 Å².